The molecule has 9 aromatic carbocycles. The highest BCUT2D eigenvalue weighted by Crippen LogP contribution is 2.55. The number of rotatable bonds is 5. The summed E-state index contributed by atoms with van der Waals surface area (Å²) in [5.74, 6) is 0. The standard InChI is InChI=1S/C79H82/c1-73(2,3)57-24-19-47(20-25-57)51-35-52(48-21-29-61-64-32-26-58(74(4,5)6)44-70(64)77(13,14)67(61)41-48)38-55(36-51)56-39-53(49-22-30-62-65-33-27-59(75(7,8)9)45-71(65)78(15,16)68(62)42-49)37-54(40-56)50-23-31-63-66-34-28-60(76(10,11)12)46-72(66)79(17,18)69(63)43-50/h19-46H,1-18H3. The first-order valence-electron chi connectivity index (χ1n) is 29.2. The Kier molecular flexibility index (Phi) is 11.7. The number of fused-ring (bicyclic) bond motifs is 9. The van der Waals surface area contributed by atoms with Crippen LogP contribution in [0, 0.1) is 0 Å². The quantitative estimate of drug-likeness (QED) is 0.161. The van der Waals surface area contributed by atoms with Gasteiger partial charge in [0.25, 0.3) is 0 Å². The Morgan fingerprint density at radius 2 is 0.380 bits per heavy atom. The molecule has 0 spiro atoms. The predicted molar refractivity (Wildman–Crippen MR) is 341 cm³/mol. The Labute approximate surface area is 474 Å². The third kappa shape index (κ3) is 8.70. The van der Waals surface area contributed by atoms with Crippen molar-refractivity contribution in [3.05, 3.63) is 225 Å². The van der Waals surface area contributed by atoms with E-state index in [0.717, 1.165) is 0 Å². The third-order valence-corrected chi connectivity index (χ3v) is 18.9. The van der Waals surface area contributed by atoms with E-state index < -0.39 is 0 Å². The zero-order valence-corrected chi connectivity index (χ0v) is 50.7. The minimum absolute atomic E-state index is 0.0562. The Bertz CT molecular complexity index is 3840. The molecule has 0 heteroatoms. The fraction of sp³-hybridized carbons (Fsp3) is 0.316. The summed E-state index contributed by atoms with van der Waals surface area (Å²) in [7, 11) is 0. The van der Waals surface area contributed by atoms with Crippen molar-refractivity contribution in [2.75, 3.05) is 0 Å². The van der Waals surface area contributed by atoms with Crippen LogP contribution < -0.4 is 0 Å². The second kappa shape index (κ2) is 17.5. The lowest BCUT2D eigenvalue weighted by molar-refractivity contribution is 0.584. The summed E-state index contributed by atoms with van der Waals surface area (Å²) < 4.78 is 0. The zero-order chi connectivity index (χ0) is 56.3. The van der Waals surface area contributed by atoms with Crippen LogP contribution in [-0.2, 0) is 37.9 Å². The van der Waals surface area contributed by atoms with Gasteiger partial charge in [0.1, 0.15) is 0 Å². The molecule has 0 unspecified atom stereocenters. The van der Waals surface area contributed by atoms with Crippen LogP contribution in [0.15, 0.2) is 170 Å². The topological polar surface area (TPSA) is 0 Å². The summed E-state index contributed by atoms with van der Waals surface area (Å²) in [4.78, 5) is 0. The summed E-state index contributed by atoms with van der Waals surface area (Å²) in [5, 5.41) is 0. The molecule has 0 heterocycles. The van der Waals surface area contributed by atoms with E-state index in [0.29, 0.717) is 0 Å². The minimum Gasteiger partial charge on any atom is -0.0579 e. The van der Waals surface area contributed by atoms with Crippen LogP contribution in [0.4, 0.5) is 0 Å². The highest BCUT2D eigenvalue weighted by atomic mass is 14.4. The van der Waals surface area contributed by atoms with Crippen molar-refractivity contribution in [1.82, 2.24) is 0 Å². The van der Waals surface area contributed by atoms with Crippen LogP contribution in [0.3, 0.4) is 0 Å². The minimum atomic E-state index is -0.151. The molecule has 0 atom stereocenters. The fourth-order valence-corrected chi connectivity index (χ4v) is 13.6. The fourth-order valence-electron chi connectivity index (χ4n) is 13.6. The Balaban J connectivity index is 1.05. The van der Waals surface area contributed by atoms with E-state index in [1.807, 2.05) is 0 Å². The molecule has 0 bridgehead atoms. The van der Waals surface area contributed by atoms with Crippen LogP contribution in [0.1, 0.15) is 180 Å². The SMILES string of the molecule is CC(C)(C)c1ccc(-c2cc(-c3cc(-c4ccc5c(c4)C(C)(C)c4cc(C(C)(C)C)ccc4-5)cc(-c4ccc5c(c4)C(C)(C)c4cc(C(C)(C)C)ccc4-5)c3)cc(-c3ccc4c(c3)C(C)(C)c3cc(C(C)(C)C)ccc3-4)c2)cc1. The molecule has 79 heavy (non-hydrogen) atoms. The second-order valence-corrected chi connectivity index (χ2v) is 29.6. The van der Waals surface area contributed by atoms with Gasteiger partial charge in [-0.25, -0.2) is 0 Å². The van der Waals surface area contributed by atoms with Crippen molar-refractivity contribution in [2.24, 2.45) is 0 Å². The van der Waals surface area contributed by atoms with E-state index in [-0.39, 0.29) is 37.9 Å². The van der Waals surface area contributed by atoms with Gasteiger partial charge in [0.05, 0.1) is 0 Å². The smallest absolute Gasteiger partial charge is 0.0159 e. The molecule has 0 fully saturated rings. The molecule has 0 nitrogen and oxygen atoms in total. The van der Waals surface area contributed by atoms with Crippen molar-refractivity contribution >= 4 is 0 Å². The van der Waals surface area contributed by atoms with Crippen molar-refractivity contribution in [3.63, 3.8) is 0 Å². The van der Waals surface area contributed by atoms with Crippen LogP contribution in [-0.4, -0.2) is 0 Å². The predicted octanol–water partition coefficient (Wildman–Crippen LogP) is 22.1. The monoisotopic (exact) mass is 1030 g/mol. The summed E-state index contributed by atoms with van der Waals surface area (Å²) in [5.41, 5.74) is 34.1. The average molecular weight is 1030 g/mol. The van der Waals surface area contributed by atoms with Crippen molar-refractivity contribution in [1.29, 1.82) is 0 Å². The van der Waals surface area contributed by atoms with Gasteiger partial charge in [-0.3, -0.25) is 0 Å². The lowest BCUT2D eigenvalue weighted by Crippen LogP contribution is -2.17. The molecule has 398 valence electrons. The Morgan fingerprint density at radius 3 is 0.633 bits per heavy atom. The van der Waals surface area contributed by atoms with Gasteiger partial charge >= 0.3 is 0 Å². The van der Waals surface area contributed by atoms with Gasteiger partial charge in [-0.15, -0.1) is 0 Å². The first kappa shape index (κ1) is 52.7. The normalized spacial score (nSPS) is 15.5. The van der Waals surface area contributed by atoms with Crippen molar-refractivity contribution in [2.45, 2.75) is 163 Å². The average Bonchev–Trinajstić information content (AvgIpc) is 4.08. The lowest BCUT2D eigenvalue weighted by atomic mass is 9.78. The molecule has 0 saturated heterocycles. The molecule has 12 rings (SSSR count). The van der Waals surface area contributed by atoms with Crippen LogP contribution >= 0.6 is 0 Å². The molecular formula is C79H82. The molecular weight excluding hydrogens is 949 g/mol. The summed E-state index contributed by atoms with van der Waals surface area (Å²) in [6.07, 6.45) is 0. The van der Waals surface area contributed by atoms with E-state index in [1.165, 1.54) is 145 Å². The summed E-state index contributed by atoms with van der Waals surface area (Å²) in [6.45, 7) is 42.4. The Morgan fingerprint density at radius 1 is 0.190 bits per heavy atom. The van der Waals surface area contributed by atoms with E-state index >= 15 is 0 Å². The molecule has 3 aliphatic rings. The molecule has 9 aromatic rings. The Hall–Kier alpha value is -7.02. The number of benzene rings is 9. The summed E-state index contributed by atoms with van der Waals surface area (Å²) >= 11 is 0. The van der Waals surface area contributed by atoms with E-state index in [2.05, 4.69) is 294 Å². The highest BCUT2D eigenvalue weighted by molar-refractivity contribution is 5.91. The number of hydrogen-bond donors (Lipinski definition) is 0. The van der Waals surface area contributed by atoms with Crippen molar-refractivity contribution in [3.8, 4) is 89.0 Å². The second-order valence-electron chi connectivity index (χ2n) is 29.6. The van der Waals surface area contributed by atoms with Crippen LogP contribution in [0.25, 0.3) is 89.0 Å². The van der Waals surface area contributed by atoms with E-state index in [1.54, 1.807) is 0 Å². The first-order chi connectivity index (χ1) is 36.9. The molecule has 0 aromatic heterocycles. The van der Waals surface area contributed by atoms with Crippen LogP contribution in [0.5, 0.6) is 0 Å². The van der Waals surface area contributed by atoms with Gasteiger partial charge in [-0.05, 0) is 221 Å². The molecule has 0 radical (unpaired) electrons. The molecule has 0 N–H and O–H groups in total. The third-order valence-electron chi connectivity index (χ3n) is 18.9. The summed E-state index contributed by atoms with van der Waals surface area (Å²) in [6, 6.07) is 67.6. The lowest BCUT2D eigenvalue weighted by Gasteiger charge is -2.26. The number of hydrogen-bond acceptors (Lipinski definition) is 0. The maximum atomic E-state index is 2.51. The first-order valence-corrected chi connectivity index (χ1v) is 29.2. The molecule has 0 amide bonds. The van der Waals surface area contributed by atoms with Gasteiger partial charge in [-0.1, -0.05) is 240 Å². The van der Waals surface area contributed by atoms with Gasteiger partial charge < -0.3 is 0 Å². The van der Waals surface area contributed by atoms with Gasteiger partial charge in [0.2, 0.25) is 0 Å². The van der Waals surface area contributed by atoms with Gasteiger partial charge in [-0.2, -0.15) is 0 Å². The van der Waals surface area contributed by atoms with E-state index in [4.69, 9.17) is 0 Å². The molecule has 3 aliphatic carbocycles. The largest absolute Gasteiger partial charge is 0.0579 e. The molecule has 0 aliphatic heterocycles. The maximum Gasteiger partial charge on any atom is 0.0159 e. The maximum absolute atomic E-state index is 2.51. The zero-order valence-electron chi connectivity index (χ0n) is 50.7. The molecule has 0 saturated carbocycles. The van der Waals surface area contributed by atoms with Crippen molar-refractivity contribution < 1.29 is 0 Å². The van der Waals surface area contributed by atoms with Crippen LogP contribution in [0.2, 0.25) is 0 Å². The van der Waals surface area contributed by atoms with E-state index in [9.17, 15) is 0 Å². The van der Waals surface area contributed by atoms with Gasteiger partial charge in [0.15, 0.2) is 0 Å². The highest BCUT2D eigenvalue weighted by Gasteiger charge is 2.40. The van der Waals surface area contributed by atoms with Gasteiger partial charge in [0, 0.05) is 16.2 Å².